The van der Waals surface area contributed by atoms with Crippen LogP contribution in [0.25, 0.3) is 0 Å². The fourth-order valence-electron chi connectivity index (χ4n) is 4.86. The SMILES string of the molecule is C[C@@]12C[C@H]3CN(C(=O)c4ccccn4)[C@@H]1CCCC[C@@H]2N3. The lowest BCUT2D eigenvalue weighted by Crippen LogP contribution is -2.55. The van der Waals surface area contributed by atoms with Crippen LogP contribution in [-0.2, 0) is 0 Å². The second kappa shape index (κ2) is 4.80. The summed E-state index contributed by atoms with van der Waals surface area (Å²) < 4.78 is 0. The van der Waals surface area contributed by atoms with Crippen LogP contribution in [0, 0.1) is 5.41 Å². The van der Waals surface area contributed by atoms with Gasteiger partial charge in [0.25, 0.3) is 5.91 Å². The van der Waals surface area contributed by atoms with Crippen LogP contribution in [0.2, 0.25) is 0 Å². The van der Waals surface area contributed by atoms with E-state index in [1.165, 1.54) is 25.7 Å². The van der Waals surface area contributed by atoms with Crippen LogP contribution in [-0.4, -0.2) is 40.5 Å². The fraction of sp³-hybridized carbons (Fsp3) is 0.647. The highest BCUT2D eigenvalue weighted by molar-refractivity contribution is 5.92. The molecule has 4 atom stereocenters. The van der Waals surface area contributed by atoms with Crippen molar-refractivity contribution in [3.05, 3.63) is 30.1 Å². The first-order valence-electron chi connectivity index (χ1n) is 8.16. The first-order chi connectivity index (χ1) is 10.2. The molecule has 1 aliphatic carbocycles. The van der Waals surface area contributed by atoms with E-state index < -0.39 is 0 Å². The van der Waals surface area contributed by atoms with E-state index in [2.05, 4.69) is 22.1 Å². The maximum Gasteiger partial charge on any atom is 0.272 e. The molecule has 0 aromatic carbocycles. The molecule has 0 unspecified atom stereocenters. The lowest BCUT2D eigenvalue weighted by atomic mass is 9.71. The number of piperidine rings is 1. The number of nitrogens with one attached hydrogen (secondary N) is 1. The van der Waals surface area contributed by atoms with Gasteiger partial charge in [0.2, 0.25) is 0 Å². The van der Waals surface area contributed by atoms with E-state index in [1.54, 1.807) is 6.20 Å². The minimum absolute atomic E-state index is 0.112. The number of hydrogen-bond donors (Lipinski definition) is 1. The second-order valence-corrected chi connectivity index (χ2v) is 7.10. The molecule has 21 heavy (non-hydrogen) atoms. The van der Waals surface area contributed by atoms with Crippen molar-refractivity contribution >= 4 is 5.91 Å². The number of rotatable bonds is 1. The number of fused-ring (bicyclic) bond motifs is 1. The van der Waals surface area contributed by atoms with Gasteiger partial charge in [-0.05, 0) is 31.4 Å². The molecule has 2 aliphatic heterocycles. The summed E-state index contributed by atoms with van der Waals surface area (Å²) in [4.78, 5) is 19.3. The third kappa shape index (κ3) is 2.00. The van der Waals surface area contributed by atoms with E-state index in [9.17, 15) is 4.79 Å². The molecule has 2 saturated heterocycles. The zero-order chi connectivity index (χ0) is 14.4. The zero-order valence-corrected chi connectivity index (χ0v) is 12.6. The van der Waals surface area contributed by atoms with Gasteiger partial charge in [0.15, 0.2) is 0 Å². The Morgan fingerprint density at radius 1 is 1.38 bits per heavy atom. The molecule has 112 valence electrons. The lowest BCUT2D eigenvalue weighted by molar-refractivity contribution is 0.0279. The van der Waals surface area contributed by atoms with Crippen LogP contribution in [0.1, 0.15) is 49.5 Å². The van der Waals surface area contributed by atoms with E-state index >= 15 is 0 Å². The van der Waals surface area contributed by atoms with Crippen LogP contribution in [0.4, 0.5) is 0 Å². The highest BCUT2D eigenvalue weighted by atomic mass is 16.2. The third-order valence-corrected chi connectivity index (χ3v) is 5.84. The van der Waals surface area contributed by atoms with Crippen molar-refractivity contribution in [1.29, 1.82) is 0 Å². The van der Waals surface area contributed by atoms with Crippen molar-refractivity contribution in [2.45, 2.75) is 57.2 Å². The topological polar surface area (TPSA) is 45.2 Å². The summed E-state index contributed by atoms with van der Waals surface area (Å²) >= 11 is 0. The number of likely N-dealkylation sites (tertiary alicyclic amines) is 1. The number of pyridine rings is 1. The third-order valence-electron chi connectivity index (χ3n) is 5.84. The summed E-state index contributed by atoms with van der Waals surface area (Å²) in [5.41, 5.74) is 0.826. The maximum absolute atomic E-state index is 12.9. The number of nitrogens with zero attached hydrogens (tertiary/aromatic N) is 2. The summed E-state index contributed by atoms with van der Waals surface area (Å²) in [7, 11) is 0. The average molecular weight is 285 g/mol. The van der Waals surface area contributed by atoms with Gasteiger partial charge in [-0.1, -0.05) is 25.8 Å². The predicted molar refractivity (Wildman–Crippen MR) is 81.0 cm³/mol. The highest BCUT2D eigenvalue weighted by Crippen LogP contribution is 2.49. The molecule has 1 N–H and O–H groups in total. The largest absolute Gasteiger partial charge is 0.332 e. The van der Waals surface area contributed by atoms with Gasteiger partial charge < -0.3 is 10.2 Å². The first-order valence-corrected chi connectivity index (χ1v) is 8.16. The lowest BCUT2D eigenvalue weighted by Gasteiger charge is -2.46. The van der Waals surface area contributed by atoms with Gasteiger partial charge in [-0.3, -0.25) is 9.78 Å². The maximum atomic E-state index is 12.9. The van der Waals surface area contributed by atoms with Crippen molar-refractivity contribution in [3.8, 4) is 0 Å². The standard InChI is InChI=1S/C17H23N3O/c1-17-10-12-11-20(16(21)13-6-4-5-9-18-13)15(17)8-3-2-7-14(17)19-12/h4-6,9,12,14-15,19H,2-3,7-8,10-11H2,1H3/t12-,14-,15+,17-/m0/s1. The van der Waals surface area contributed by atoms with Crippen LogP contribution >= 0.6 is 0 Å². The Bertz CT molecular complexity index is 546. The zero-order valence-electron chi connectivity index (χ0n) is 12.6. The van der Waals surface area contributed by atoms with Crippen LogP contribution in [0.3, 0.4) is 0 Å². The molecule has 0 radical (unpaired) electrons. The Morgan fingerprint density at radius 2 is 2.24 bits per heavy atom. The summed E-state index contributed by atoms with van der Waals surface area (Å²) in [5.74, 6) is 0.112. The van der Waals surface area contributed by atoms with Crippen LogP contribution < -0.4 is 5.32 Å². The highest BCUT2D eigenvalue weighted by Gasteiger charge is 2.55. The molecule has 1 aromatic heterocycles. The molecule has 1 aromatic rings. The Labute approximate surface area is 125 Å². The molecule has 4 nitrogen and oxygen atoms in total. The van der Waals surface area contributed by atoms with Gasteiger partial charge in [0.1, 0.15) is 5.69 Å². The smallest absolute Gasteiger partial charge is 0.272 e. The van der Waals surface area contributed by atoms with Gasteiger partial charge in [0, 0.05) is 36.3 Å². The number of carbonyl (C=O) groups excluding carboxylic acids is 1. The summed E-state index contributed by atoms with van der Waals surface area (Å²) in [5, 5.41) is 3.79. The van der Waals surface area contributed by atoms with Gasteiger partial charge in [0.05, 0.1) is 0 Å². The van der Waals surface area contributed by atoms with E-state index in [-0.39, 0.29) is 11.3 Å². The molecule has 3 aliphatic rings. The van der Waals surface area contributed by atoms with Crippen LogP contribution in [0.15, 0.2) is 24.4 Å². The van der Waals surface area contributed by atoms with E-state index in [4.69, 9.17) is 0 Å². The van der Waals surface area contributed by atoms with E-state index in [0.717, 1.165) is 13.0 Å². The molecule has 4 heteroatoms. The van der Waals surface area contributed by atoms with Gasteiger partial charge >= 0.3 is 0 Å². The second-order valence-electron chi connectivity index (χ2n) is 7.10. The van der Waals surface area contributed by atoms with E-state index in [1.807, 2.05) is 18.2 Å². The molecular weight excluding hydrogens is 262 g/mol. The van der Waals surface area contributed by atoms with Gasteiger partial charge in [-0.2, -0.15) is 0 Å². The first kappa shape index (κ1) is 13.3. The summed E-state index contributed by atoms with van der Waals surface area (Å²) in [6.45, 7) is 3.23. The number of carbonyl (C=O) groups is 1. The molecule has 1 saturated carbocycles. The minimum Gasteiger partial charge on any atom is -0.332 e. The van der Waals surface area contributed by atoms with Crippen molar-refractivity contribution < 1.29 is 4.79 Å². The number of amides is 1. The Balaban J connectivity index is 1.68. The van der Waals surface area contributed by atoms with Crippen molar-refractivity contribution in [3.63, 3.8) is 0 Å². The summed E-state index contributed by atoms with van der Waals surface area (Å²) in [6, 6.07) is 7.00. The molecule has 1 amide bonds. The molecule has 3 fully saturated rings. The normalized spacial score (nSPS) is 38.1. The predicted octanol–water partition coefficient (Wildman–Crippen LogP) is 2.22. The molecular formula is C17H23N3O. The molecule has 4 rings (SSSR count). The van der Waals surface area contributed by atoms with Crippen LogP contribution in [0.5, 0.6) is 0 Å². The molecule has 3 heterocycles. The van der Waals surface area contributed by atoms with Crippen molar-refractivity contribution in [2.75, 3.05) is 6.54 Å². The molecule has 0 spiro atoms. The number of aromatic nitrogens is 1. The van der Waals surface area contributed by atoms with E-state index in [0.29, 0.717) is 23.8 Å². The Hall–Kier alpha value is -1.42. The monoisotopic (exact) mass is 285 g/mol. The molecule has 2 bridgehead atoms. The quantitative estimate of drug-likeness (QED) is 0.860. The average Bonchev–Trinajstić information content (AvgIpc) is 2.67. The minimum atomic E-state index is 0.112. The van der Waals surface area contributed by atoms with Crippen molar-refractivity contribution in [2.24, 2.45) is 5.41 Å². The van der Waals surface area contributed by atoms with Gasteiger partial charge in [-0.25, -0.2) is 0 Å². The fourth-order valence-corrected chi connectivity index (χ4v) is 4.86. The Morgan fingerprint density at radius 3 is 3.05 bits per heavy atom. The number of hydrogen-bond acceptors (Lipinski definition) is 3. The van der Waals surface area contributed by atoms with Crippen molar-refractivity contribution in [1.82, 2.24) is 15.2 Å². The summed E-state index contributed by atoms with van der Waals surface area (Å²) in [6.07, 6.45) is 7.84. The van der Waals surface area contributed by atoms with Gasteiger partial charge in [-0.15, -0.1) is 0 Å². The Kier molecular flexibility index (Phi) is 3.03.